The Hall–Kier alpha value is -2.08. The van der Waals surface area contributed by atoms with Crippen LogP contribution in [0.25, 0.3) is 11.5 Å². The van der Waals surface area contributed by atoms with Crippen LogP contribution in [0.4, 0.5) is 0 Å². The van der Waals surface area contributed by atoms with Gasteiger partial charge in [-0.25, -0.2) is 0 Å². The van der Waals surface area contributed by atoms with E-state index in [0.717, 1.165) is 26.2 Å². The number of ether oxygens (including phenoxy) is 1. The van der Waals surface area contributed by atoms with E-state index in [9.17, 15) is 4.79 Å². The molecule has 1 atom stereocenters. The van der Waals surface area contributed by atoms with E-state index in [4.69, 9.17) is 9.15 Å². The maximum atomic E-state index is 12.5. The van der Waals surface area contributed by atoms with Crippen LogP contribution in [-0.4, -0.2) is 47.3 Å². The van der Waals surface area contributed by atoms with E-state index in [1.165, 1.54) is 0 Å². The van der Waals surface area contributed by atoms with Crippen LogP contribution in [0.1, 0.15) is 23.8 Å². The molecule has 0 aliphatic carbocycles. The molecule has 112 valence electrons. The molecule has 1 aliphatic heterocycles. The highest BCUT2D eigenvalue weighted by atomic mass is 16.5. The second-order valence-corrected chi connectivity index (χ2v) is 5.22. The molecule has 21 heavy (non-hydrogen) atoms. The molecule has 6 heteroatoms. The molecule has 2 aromatic heterocycles. The number of aromatic amines is 1. The second kappa shape index (κ2) is 6.13. The number of aromatic nitrogens is 2. The van der Waals surface area contributed by atoms with E-state index in [-0.39, 0.29) is 5.91 Å². The summed E-state index contributed by atoms with van der Waals surface area (Å²) in [5.74, 6) is 1.05. The Bertz CT molecular complexity index is 585. The first-order chi connectivity index (χ1) is 10.3. The first-order valence-corrected chi connectivity index (χ1v) is 7.24. The average Bonchev–Trinajstić information content (AvgIpc) is 3.25. The molecule has 0 bridgehead atoms. The van der Waals surface area contributed by atoms with Crippen LogP contribution in [0.5, 0.6) is 0 Å². The van der Waals surface area contributed by atoms with Gasteiger partial charge in [0.25, 0.3) is 5.91 Å². The minimum atomic E-state index is -0.0570. The van der Waals surface area contributed by atoms with Crippen molar-refractivity contribution in [3.05, 3.63) is 30.2 Å². The standard InChI is InChI=1S/C15H19N3O3/c1-2-18(9-11-5-7-20-10-11)15(19)13-8-12(16-17-13)14-4-3-6-21-14/h3-4,6,8,11H,2,5,7,9-10H2,1H3,(H,16,17)/t11-/m1/s1. The summed E-state index contributed by atoms with van der Waals surface area (Å²) in [7, 11) is 0. The van der Waals surface area contributed by atoms with Crippen molar-refractivity contribution >= 4 is 5.91 Å². The number of carbonyl (C=O) groups is 1. The van der Waals surface area contributed by atoms with Crippen LogP contribution >= 0.6 is 0 Å². The molecule has 1 saturated heterocycles. The summed E-state index contributed by atoms with van der Waals surface area (Å²) < 4.78 is 10.7. The topological polar surface area (TPSA) is 71.4 Å². The minimum absolute atomic E-state index is 0.0570. The summed E-state index contributed by atoms with van der Waals surface area (Å²) in [6.45, 7) is 4.90. The van der Waals surface area contributed by atoms with Crippen molar-refractivity contribution in [1.29, 1.82) is 0 Å². The molecular weight excluding hydrogens is 270 g/mol. The number of nitrogens with zero attached hydrogens (tertiary/aromatic N) is 2. The Labute approximate surface area is 123 Å². The van der Waals surface area contributed by atoms with Gasteiger partial charge in [0.2, 0.25) is 0 Å². The van der Waals surface area contributed by atoms with E-state index in [0.29, 0.717) is 29.6 Å². The zero-order valence-electron chi connectivity index (χ0n) is 12.0. The van der Waals surface area contributed by atoms with Gasteiger partial charge in [-0.05, 0) is 25.5 Å². The van der Waals surface area contributed by atoms with Crippen LogP contribution < -0.4 is 0 Å². The number of hydrogen-bond donors (Lipinski definition) is 1. The summed E-state index contributed by atoms with van der Waals surface area (Å²) in [5, 5.41) is 6.95. The summed E-state index contributed by atoms with van der Waals surface area (Å²) in [5.41, 5.74) is 1.13. The molecule has 0 unspecified atom stereocenters. The molecule has 0 spiro atoms. The normalized spacial score (nSPS) is 18.0. The van der Waals surface area contributed by atoms with Crippen molar-refractivity contribution in [3.8, 4) is 11.5 Å². The van der Waals surface area contributed by atoms with Crippen LogP contribution in [0.2, 0.25) is 0 Å². The fraction of sp³-hybridized carbons (Fsp3) is 0.467. The van der Waals surface area contributed by atoms with Gasteiger partial charge >= 0.3 is 0 Å². The molecule has 1 fully saturated rings. The van der Waals surface area contributed by atoms with Crippen LogP contribution in [0.3, 0.4) is 0 Å². The summed E-state index contributed by atoms with van der Waals surface area (Å²) >= 11 is 0. The fourth-order valence-corrected chi connectivity index (χ4v) is 2.55. The molecule has 1 N–H and O–H groups in total. The van der Waals surface area contributed by atoms with Crippen LogP contribution in [0.15, 0.2) is 28.9 Å². The Balaban J connectivity index is 1.70. The molecule has 1 aliphatic rings. The van der Waals surface area contributed by atoms with E-state index < -0.39 is 0 Å². The maximum absolute atomic E-state index is 12.5. The number of furan rings is 1. The van der Waals surface area contributed by atoms with Crippen molar-refractivity contribution in [3.63, 3.8) is 0 Å². The number of H-pyrrole nitrogens is 1. The number of carbonyl (C=O) groups excluding carboxylic acids is 1. The molecule has 0 aromatic carbocycles. The molecule has 0 radical (unpaired) electrons. The Morgan fingerprint density at radius 2 is 2.48 bits per heavy atom. The van der Waals surface area contributed by atoms with Gasteiger partial charge in [-0.1, -0.05) is 0 Å². The average molecular weight is 289 g/mol. The molecular formula is C15H19N3O3. The predicted octanol–water partition coefficient (Wildman–Crippen LogP) is 2.17. The van der Waals surface area contributed by atoms with Crippen LogP contribution in [-0.2, 0) is 4.74 Å². The van der Waals surface area contributed by atoms with Gasteiger partial charge in [-0.3, -0.25) is 9.89 Å². The number of rotatable bonds is 5. The molecule has 1 amide bonds. The Kier molecular flexibility index (Phi) is 4.06. The summed E-state index contributed by atoms with van der Waals surface area (Å²) in [6.07, 6.45) is 2.61. The Morgan fingerprint density at radius 3 is 3.14 bits per heavy atom. The zero-order chi connectivity index (χ0) is 14.7. The highest BCUT2D eigenvalue weighted by Gasteiger charge is 2.24. The highest BCUT2D eigenvalue weighted by molar-refractivity contribution is 5.93. The van der Waals surface area contributed by atoms with Gasteiger partial charge in [-0.15, -0.1) is 0 Å². The molecule has 0 saturated carbocycles. The first kappa shape index (κ1) is 13.9. The Morgan fingerprint density at radius 1 is 1.57 bits per heavy atom. The van der Waals surface area contributed by atoms with Gasteiger partial charge in [0.15, 0.2) is 11.5 Å². The van der Waals surface area contributed by atoms with Crippen LogP contribution in [0, 0.1) is 5.92 Å². The van der Waals surface area contributed by atoms with E-state index >= 15 is 0 Å². The fourth-order valence-electron chi connectivity index (χ4n) is 2.55. The summed E-state index contributed by atoms with van der Waals surface area (Å²) in [4.78, 5) is 14.3. The number of hydrogen-bond acceptors (Lipinski definition) is 4. The van der Waals surface area contributed by atoms with Crippen molar-refractivity contribution < 1.29 is 13.9 Å². The smallest absolute Gasteiger partial charge is 0.274 e. The summed E-state index contributed by atoms with van der Waals surface area (Å²) in [6, 6.07) is 5.36. The SMILES string of the molecule is CCN(C[C@H]1CCOC1)C(=O)c1cc(-c2ccco2)[nH]n1. The lowest BCUT2D eigenvalue weighted by atomic mass is 10.1. The van der Waals surface area contributed by atoms with E-state index in [1.807, 2.05) is 17.9 Å². The van der Waals surface area contributed by atoms with E-state index in [1.54, 1.807) is 18.4 Å². The number of nitrogens with one attached hydrogen (secondary N) is 1. The lowest BCUT2D eigenvalue weighted by molar-refractivity contribution is 0.0725. The van der Waals surface area contributed by atoms with Crippen molar-refractivity contribution in [2.24, 2.45) is 5.92 Å². The number of amides is 1. The quantitative estimate of drug-likeness (QED) is 0.915. The highest BCUT2D eigenvalue weighted by Crippen LogP contribution is 2.19. The van der Waals surface area contributed by atoms with Crippen molar-refractivity contribution in [1.82, 2.24) is 15.1 Å². The molecule has 3 heterocycles. The zero-order valence-corrected chi connectivity index (χ0v) is 12.0. The minimum Gasteiger partial charge on any atom is -0.463 e. The van der Waals surface area contributed by atoms with Gasteiger partial charge in [0.05, 0.1) is 12.9 Å². The van der Waals surface area contributed by atoms with Crippen molar-refractivity contribution in [2.45, 2.75) is 13.3 Å². The molecule has 2 aromatic rings. The third-order valence-corrected chi connectivity index (χ3v) is 3.76. The predicted molar refractivity (Wildman–Crippen MR) is 76.8 cm³/mol. The van der Waals surface area contributed by atoms with Gasteiger partial charge in [0, 0.05) is 31.7 Å². The second-order valence-electron chi connectivity index (χ2n) is 5.22. The van der Waals surface area contributed by atoms with Crippen molar-refractivity contribution in [2.75, 3.05) is 26.3 Å². The monoisotopic (exact) mass is 289 g/mol. The van der Waals surface area contributed by atoms with Gasteiger partial charge in [-0.2, -0.15) is 5.10 Å². The van der Waals surface area contributed by atoms with Gasteiger partial charge in [0.1, 0.15) is 5.69 Å². The third-order valence-electron chi connectivity index (χ3n) is 3.76. The third kappa shape index (κ3) is 3.00. The molecule has 6 nitrogen and oxygen atoms in total. The van der Waals surface area contributed by atoms with Gasteiger partial charge < -0.3 is 14.1 Å². The van der Waals surface area contributed by atoms with E-state index in [2.05, 4.69) is 10.2 Å². The lowest BCUT2D eigenvalue weighted by Gasteiger charge is -2.22. The lowest BCUT2D eigenvalue weighted by Crippen LogP contribution is -2.35. The maximum Gasteiger partial charge on any atom is 0.274 e. The molecule has 3 rings (SSSR count). The first-order valence-electron chi connectivity index (χ1n) is 7.24. The largest absolute Gasteiger partial charge is 0.463 e.